The van der Waals surface area contributed by atoms with E-state index in [9.17, 15) is 4.79 Å². The molecule has 18 heavy (non-hydrogen) atoms. The van der Waals surface area contributed by atoms with Crippen LogP contribution in [0.4, 0.5) is 0 Å². The number of thioether (sulfide) groups is 1. The van der Waals surface area contributed by atoms with E-state index in [0.29, 0.717) is 13.0 Å². The number of benzene rings is 1. The van der Waals surface area contributed by atoms with Crippen molar-refractivity contribution in [2.24, 2.45) is 0 Å². The molecular formula is C14H14O2S2. The van der Waals surface area contributed by atoms with Gasteiger partial charge in [0.15, 0.2) is 5.78 Å². The van der Waals surface area contributed by atoms with Gasteiger partial charge in [0.25, 0.3) is 0 Å². The minimum absolute atomic E-state index is 0.206. The Kier molecular flexibility index (Phi) is 3.68. The molecule has 94 valence electrons. The summed E-state index contributed by atoms with van der Waals surface area (Å²) in [5, 5.41) is 3.30. The van der Waals surface area contributed by atoms with Crippen LogP contribution in [0.5, 0.6) is 0 Å². The van der Waals surface area contributed by atoms with Gasteiger partial charge in [-0.1, -0.05) is 18.2 Å². The first-order valence-electron chi connectivity index (χ1n) is 6.02. The summed E-state index contributed by atoms with van der Waals surface area (Å²) in [4.78, 5) is 12.2. The highest BCUT2D eigenvalue weighted by atomic mass is 32.2. The number of hydrogen-bond donors (Lipinski definition) is 0. The summed E-state index contributed by atoms with van der Waals surface area (Å²) in [6, 6.07) is 8.24. The van der Waals surface area contributed by atoms with Crippen LogP contribution in [0.1, 0.15) is 5.56 Å². The maximum absolute atomic E-state index is 12.2. The van der Waals surface area contributed by atoms with Crippen LogP contribution >= 0.6 is 23.1 Å². The van der Waals surface area contributed by atoms with E-state index in [4.69, 9.17) is 4.74 Å². The second kappa shape index (κ2) is 5.43. The zero-order chi connectivity index (χ0) is 12.4. The van der Waals surface area contributed by atoms with Crippen molar-refractivity contribution in [1.82, 2.24) is 0 Å². The quantitative estimate of drug-likeness (QED) is 0.863. The first kappa shape index (κ1) is 12.2. The van der Waals surface area contributed by atoms with Crippen molar-refractivity contribution in [2.45, 2.75) is 12.5 Å². The fraction of sp³-hybridized carbons (Fsp3) is 0.357. The smallest absolute Gasteiger partial charge is 0.166 e. The zero-order valence-electron chi connectivity index (χ0n) is 9.93. The van der Waals surface area contributed by atoms with E-state index in [-0.39, 0.29) is 11.9 Å². The molecule has 1 unspecified atom stereocenters. The number of fused-ring (bicyclic) bond motifs is 1. The van der Waals surface area contributed by atoms with Crippen LogP contribution < -0.4 is 0 Å². The van der Waals surface area contributed by atoms with Gasteiger partial charge in [0.2, 0.25) is 0 Å². The van der Waals surface area contributed by atoms with E-state index >= 15 is 0 Å². The third-order valence-corrected chi connectivity index (χ3v) is 5.11. The molecule has 0 aliphatic carbocycles. The number of carbonyl (C=O) groups excluding carboxylic acids is 1. The maximum atomic E-state index is 12.2. The molecule has 2 nitrogen and oxygen atoms in total. The van der Waals surface area contributed by atoms with Gasteiger partial charge in [-0.25, -0.2) is 0 Å². The summed E-state index contributed by atoms with van der Waals surface area (Å²) >= 11 is 3.51. The Morgan fingerprint density at radius 2 is 2.28 bits per heavy atom. The minimum atomic E-state index is -0.206. The molecule has 1 aromatic heterocycles. The lowest BCUT2D eigenvalue weighted by Crippen LogP contribution is -2.32. The second-order valence-electron chi connectivity index (χ2n) is 4.33. The molecule has 1 atom stereocenters. The molecule has 4 heteroatoms. The molecule has 3 rings (SSSR count). The Morgan fingerprint density at radius 3 is 3.11 bits per heavy atom. The highest BCUT2D eigenvalue weighted by molar-refractivity contribution is 7.99. The van der Waals surface area contributed by atoms with Crippen LogP contribution in [-0.2, 0) is 16.0 Å². The molecule has 0 amide bonds. The summed E-state index contributed by atoms with van der Waals surface area (Å²) in [5.74, 6) is 2.03. The molecule has 0 radical (unpaired) electrons. The van der Waals surface area contributed by atoms with Gasteiger partial charge in [0.1, 0.15) is 6.10 Å². The summed E-state index contributed by atoms with van der Waals surface area (Å²) in [7, 11) is 0. The number of Topliss-reactive ketones (excluding diaryl/α,β-unsaturated/α-hetero) is 1. The van der Waals surface area contributed by atoms with Crippen molar-refractivity contribution in [3.8, 4) is 0 Å². The van der Waals surface area contributed by atoms with Crippen LogP contribution in [-0.4, -0.2) is 30.0 Å². The van der Waals surface area contributed by atoms with Crippen LogP contribution in [0.15, 0.2) is 29.6 Å². The molecule has 1 aliphatic rings. The molecule has 1 aromatic carbocycles. The van der Waals surface area contributed by atoms with Gasteiger partial charge in [-0.05, 0) is 22.4 Å². The van der Waals surface area contributed by atoms with E-state index in [1.54, 1.807) is 23.1 Å². The van der Waals surface area contributed by atoms with Gasteiger partial charge in [-0.2, -0.15) is 11.8 Å². The molecule has 2 aromatic rings. The van der Waals surface area contributed by atoms with Crippen LogP contribution in [0, 0.1) is 0 Å². The average molecular weight is 278 g/mol. The Bertz CT molecular complexity index is 556. The first-order chi connectivity index (χ1) is 8.84. The molecule has 0 bridgehead atoms. The van der Waals surface area contributed by atoms with Crippen molar-refractivity contribution in [3.63, 3.8) is 0 Å². The van der Waals surface area contributed by atoms with E-state index in [1.165, 1.54) is 10.1 Å². The lowest BCUT2D eigenvalue weighted by Gasteiger charge is -2.20. The predicted molar refractivity (Wildman–Crippen MR) is 77.6 cm³/mol. The first-order valence-corrected chi connectivity index (χ1v) is 8.05. The summed E-state index contributed by atoms with van der Waals surface area (Å²) < 4.78 is 6.78. The average Bonchev–Trinajstić information content (AvgIpc) is 2.83. The van der Waals surface area contributed by atoms with Crippen LogP contribution in [0.3, 0.4) is 0 Å². The third-order valence-electron chi connectivity index (χ3n) is 3.10. The van der Waals surface area contributed by atoms with Gasteiger partial charge in [0, 0.05) is 22.6 Å². The van der Waals surface area contributed by atoms with Gasteiger partial charge in [-0.15, -0.1) is 11.3 Å². The van der Waals surface area contributed by atoms with Crippen molar-refractivity contribution < 1.29 is 9.53 Å². The molecule has 0 spiro atoms. The molecule has 0 saturated carbocycles. The summed E-state index contributed by atoms with van der Waals surface area (Å²) in [5.41, 5.74) is 1.14. The highest BCUT2D eigenvalue weighted by Gasteiger charge is 2.23. The largest absolute Gasteiger partial charge is 0.369 e. The Balaban J connectivity index is 1.77. The van der Waals surface area contributed by atoms with E-state index < -0.39 is 0 Å². The number of thiophene rings is 1. The van der Waals surface area contributed by atoms with Gasteiger partial charge >= 0.3 is 0 Å². The predicted octanol–water partition coefficient (Wildman–Crippen LogP) is 3.14. The SMILES string of the molecule is O=C(Cc1csc2ccccc12)C1CSCCO1. The van der Waals surface area contributed by atoms with Crippen molar-refractivity contribution in [1.29, 1.82) is 0 Å². The molecule has 1 aliphatic heterocycles. The van der Waals surface area contributed by atoms with Crippen LogP contribution in [0.25, 0.3) is 10.1 Å². The molecule has 2 heterocycles. The van der Waals surface area contributed by atoms with Crippen molar-refractivity contribution >= 4 is 39.0 Å². The maximum Gasteiger partial charge on any atom is 0.166 e. The Morgan fingerprint density at radius 1 is 1.39 bits per heavy atom. The molecule has 1 saturated heterocycles. The fourth-order valence-corrected chi connectivity index (χ4v) is 3.98. The minimum Gasteiger partial charge on any atom is -0.369 e. The molecular weight excluding hydrogens is 264 g/mol. The molecule has 0 N–H and O–H groups in total. The lowest BCUT2D eigenvalue weighted by atomic mass is 10.1. The number of carbonyl (C=O) groups is 1. The van der Waals surface area contributed by atoms with Crippen LogP contribution in [0.2, 0.25) is 0 Å². The molecule has 1 fully saturated rings. The number of hydrogen-bond acceptors (Lipinski definition) is 4. The summed E-state index contributed by atoms with van der Waals surface area (Å²) in [6.07, 6.45) is 0.289. The van der Waals surface area contributed by atoms with E-state index in [1.807, 2.05) is 12.1 Å². The number of ketones is 1. The standard InChI is InChI=1S/C14H14O2S2/c15-12(13-9-17-6-5-16-13)7-10-8-18-14-4-2-1-3-11(10)14/h1-4,8,13H,5-7,9H2. The highest BCUT2D eigenvalue weighted by Crippen LogP contribution is 2.27. The fourth-order valence-electron chi connectivity index (χ4n) is 2.14. The van der Waals surface area contributed by atoms with Crippen molar-refractivity contribution in [3.05, 3.63) is 35.2 Å². The second-order valence-corrected chi connectivity index (χ2v) is 6.40. The normalized spacial score (nSPS) is 20.1. The zero-order valence-corrected chi connectivity index (χ0v) is 11.6. The summed E-state index contributed by atoms with van der Waals surface area (Å²) in [6.45, 7) is 0.700. The van der Waals surface area contributed by atoms with E-state index in [0.717, 1.165) is 17.1 Å². The Labute approximate surface area is 114 Å². The topological polar surface area (TPSA) is 26.3 Å². The van der Waals surface area contributed by atoms with Gasteiger partial charge < -0.3 is 4.74 Å². The van der Waals surface area contributed by atoms with Gasteiger partial charge in [-0.3, -0.25) is 4.79 Å². The number of ether oxygens (including phenoxy) is 1. The van der Waals surface area contributed by atoms with E-state index in [2.05, 4.69) is 17.5 Å². The van der Waals surface area contributed by atoms with Gasteiger partial charge in [0.05, 0.1) is 6.61 Å². The monoisotopic (exact) mass is 278 g/mol. The van der Waals surface area contributed by atoms with Crippen molar-refractivity contribution in [2.75, 3.05) is 18.1 Å². The number of rotatable bonds is 3. The third kappa shape index (κ3) is 2.46. The Hall–Kier alpha value is -0.840. The lowest BCUT2D eigenvalue weighted by molar-refractivity contribution is -0.128.